The van der Waals surface area contributed by atoms with Gasteiger partial charge in [0.1, 0.15) is 4.90 Å². The Kier molecular flexibility index (Phi) is 4.29. The number of rotatable bonds is 6. The Morgan fingerprint density at radius 1 is 1.53 bits per heavy atom. The van der Waals surface area contributed by atoms with Crippen LogP contribution in [0, 0.1) is 6.92 Å². The molecule has 17 heavy (non-hydrogen) atoms. The van der Waals surface area contributed by atoms with Crippen molar-refractivity contribution < 1.29 is 13.2 Å². The SMILES string of the molecule is CCOC(C)(C)CNS(=O)(=O)c1cn[nH]c1C. The average molecular weight is 261 g/mol. The number of nitrogens with one attached hydrogen (secondary N) is 2. The van der Waals surface area contributed by atoms with Crippen LogP contribution in [0.25, 0.3) is 0 Å². The van der Waals surface area contributed by atoms with Gasteiger partial charge < -0.3 is 4.74 Å². The van der Waals surface area contributed by atoms with Crippen molar-refractivity contribution in [3.05, 3.63) is 11.9 Å². The van der Waals surface area contributed by atoms with E-state index in [0.717, 1.165) is 0 Å². The quantitative estimate of drug-likeness (QED) is 0.793. The first-order valence-corrected chi connectivity index (χ1v) is 6.90. The van der Waals surface area contributed by atoms with Crippen LogP contribution in [0.3, 0.4) is 0 Å². The molecule has 1 heterocycles. The van der Waals surface area contributed by atoms with Gasteiger partial charge in [0.05, 0.1) is 17.5 Å². The first kappa shape index (κ1) is 14.1. The van der Waals surface area contributed by atoms with Crippen LogP contribution in [0.15, 0.2) is 11.1 Å². The lowest BCUT2D eigenvalue weighted by molar-refractivity contribution is -0.00515. The van der Waals surface area contributed by atoms with Crippen molar-refractivity contribution in [2.24, 2.45) is 0 Å². The molecule has 0 bridgehead atoms. The molecule has 0 amide bonds. The van der Waals surface area contributed by atoms with Gasteiger partial charge in [-0.1, -0.05) is 0 Å². The minimum atomic E-state index is -3.52. The highest BCUT2D eigenvalue weighted by atomic mass is 32.2. The van der Waals surface area contributed by atoms with E-state index in [1.807, 2.05) is 20.8 Å². The molecule has 0 saturated carbocycles. The van der Waals surface area contributed by atoms with Gasteiger partial charge in [0.25, 0.3) is 0 Å². The van der Waals surface area contributed by atoms with E-state index < -0.39 is 15.6 Å². The van der Waals surface area contributed by atoms with E-state index in [4.69, 9.17) is 4.74 Å². The van der Waals surface area contributed by atoms with Gasteiger partial charge in [-0.25, -0.2) is 13.1 Å². The second-order valence-electron chi connectivity index (χ2n) is 4.38. The molecule has 0 aliphatic heterocycles. The predicted molar refractivity (Wildman–Crippen MR) is 64.2 cm³/mol. The summed E-state index contributed by atoms with van der Waals surface area (Å²) in [4.78, 5) is 0.171. The molecule has 0 radical (unpaired) electrons. The van der Waals surface area contributed by atoms with Gasteiger partial charge in [0.2, 0.25) is 10.0 Å². The molecule has 2 N–H and O–H groups in total. The minimum Gasteiger partial charge on any atom is -0.375 e. The Balaban J connectivity index is 2.73. The molecule has 0 atom stereocenters. The van der Waals surface area contributed by atoms with Gasteiger partial charge in [-0.05, 0) is 27.7 Å². The third-order valence-electron chi connectivity index (χ3n) is 2.30. The van der Waals surface area contributed by atoms with E-state index in [-0.39, 0.29) is 11.4 Å². The van der Waals surface area contributed by atoms with Crippen molar-refractivity contribution in [1.29, 1.82) is 0 Å². The largest absolute Gasteiger partial charge is 0.375 e. The van der Waals surface area contributed by atoms with Crippen LogP contribution in [0.5, 0.6) is 0 Å². The highest BCUT2D eigenvalue weighted by molar-refractivity contribution is 7.89. The van der Waals surface area contributed by atoms with Crippen molar-refractivity contribution in [3.8, 4) is 0 Å². The second-order valence-corrected chi connectivity index (χ2v) is 6.11. The van der Waals surface area contributed by atoms with Crippen molar-refractivity contribution in [2.75, 3.05) is 13.2 Å². The minimum absolute atomic E-state index is 0.171. The Morgan fingerprint density at radius 2 is 2.18 bits per heavy atom. The fourth-order valence-corrected chi connectivity index (χ4v) is 2.73. The molecule has 0 saturated heterocycles. The maximum Gasteiger partial charge on any atom is 0.244 e. The summed E-state index contributed by atoms with van der Waals surface area (Å²) >= 11 is 0. The number of H-pyrrole nitrogens is 1. The van der Waals surface area contributed by atoms with Crippen LogP contribution in [0.1, 0.15) is 26.5 Å². The molecule has 1 aromatic rings. The van der Waals surface area contributed by atoms with Gasteiger partial charge >= 0.3 is 0 Å². The van der Waals surface area contributed by atoms with Crippen LogP contribution in [0.4, 0.5) is 0 Å². The molecular weight excluding hydrogens is 242 g/mol. The zero-order valence-electron chi connectivity index (χ0n) is 10.6. The number of hydrogen-bond donors (Lipinski definition) is 2. The number of ether oxygens (including phenoxy) is 1. The van der Waals surface area contributed by atoms with Crippen LogP contribution in [-0.2, 0) is 14.8 Å². The number of hydrogen-bond acceptors (Lipinski definition) is 4. The first-order chi connectivity index (χ1) is 7.78. The Hall–Kier alpha value is -0.920. The van der Waals surface area contributed by atoms with Gasteiger partial charge in [-0.2, -0.15) is 5.10 Å². The highest BCUT2D eigenvalue weighted by Gasteiger charge is 2.24. The van der Waals surface area contributed by atoms with Crippen LogP contribution >= 0.6 is 0 Å². The van der Waals surface area contributed by atoms with Crippen molar-refractivity contribution in [2.45, 2.75) is 38.2 Å². The van der Waals surface area contributed by atoms with E-state index in [1.165, 1.54) is 6.20 Å². The third kappa shape index (κ3) is 3.79. The number of sulfonamides is 1. The first-order valence-electron chi connectivity index (χ1n) is 5.42. The molecule has 0 spiro atoms. The highest BCUT2D eigenvalue weighted by Crippen LogP contribution is 2.13. The van der Waals surface area contributed by atoms with E-state index in [0.29, 0.717) is 12.3 Å². The normalized spacial score (nSPS) is 12.9. The van der Waals surface area contributed by atoms with Crippen molar-refractivity contribution in [3.63, 3.8) is 0 Å². The fraction of sp³-hybridized carbons (Fsp3) is 0.700. The summed E-state index contributed by atoms with van der Waals surface area (Å²) < 4.78 is 31.8. The zero-order valence-corrected chi connectivity index (χ0v) is 11.4. The van der Waals surface area contributed by atoms with Gasteiger partial charge in [-0.15, -0.1) is 0 Å². The fourth-order valence-electron chi connectivity index (χ4n) is 1.40. The standard InChI is InChI=1S/C10H19N3O3S/c1-5-16-10(3,4)7-12-17(14,15)9-6-11-13-8(9)2/h6,12H,5,7H2,1-4H3,(H,11,13). The summed E-state index contributed by atoms with van der Waals surface area (Å²) in [5.74, 6) is 0. The molecule has 0 aliphatic carbocycles. The van der Waals surface area contributed by atoms with E-state index >= 15 is 0 Å². The summed E-state index contributed by atoms with van der Waals surface area (Å²) in [6.45, 7) is 7.96. The maximum absolute atomic E-state index is 11.9. The van der Waals surface area contributed by atoms with E-state index in [2.05, 4.69) is 14.9 Å². The lowest BCUT2D eigenvalue weighted by Gasteiger charge is -2.24. The topological polar surface area (TPSA) is 84.1 Å². The number of aryl methyl sites for hydroxylation is 1. The third-order valence-corrected chi connectivity index (χ3v) is 3.81. The Morgan fingerprint density at radius 3 is 2.65 bits per heavy atom. The molecular formula is C10H19N3O3S. The molecule has 0 aliphatic rings. The molecule has 0 aromatic carbocycles. The van der Waals surface area contributed by atoms with Gasteiger partial charge in [0.15, 0.2) is 0 Å². The predicted octanol–water partition coefficient (Wildman–Crippen LogP) is 0.812. The van der Waals surface area contributed by atoms with Crippen molar-refractivity contribution >= 4 is 10.0 Å². The molecule has 0 unspecified atom stereocenters. The van der Waals surface area contributed by atoms with Gasteiger partial charge in [0, 0.05) is 13.2 Å². The number of nitrogens with zero attached hydrogens (tertiary/aromatic N) is 1. The monoisotopic (exact) mass is 261 g/mol. The summed E-state index contributed by atoms with van der Waals surface area (Å²) in [5, 5.41) is 6.29. The summed E-state index contributed by atoms with van der Waals surface area (Å²) in [6.07, 6.45) is 1.30. The van der Waals surface area contributed by atoms with E-state index in [1.54, 1.807) is 6.92 Å². The van der Waals surface area contributed by atoms with Crippen molar-refractivity contribution in [1.82, 2.24) is 14.9 Å². The molecule has 6 nitrogen and oxygen atoms in total. The average Bonchev–Trinajstić information content (AvgIpc) is 2.63. The zero-order chi connectivity index (χ0) is 13.1. The maximum atomic E-state index is 11.9. The molecule has 1 aromatic heterocycles. The van der Waals surface area contributed by atoms with Crippen LogP contribution < -0.4 is 4.72 Å². The molecule has 7 heteroatoms. The van der Waals surface area contributed by atoms with E-state index in [9.17, 15) is 8.42 Å². The number of aromatic amines is 1. The smallest absolute Gasteiger partial charge is 0.244 e. The lowest BCUT2D eigenvalue weighted by atomic mass is 10.1. The Bertz CT molecular complexity index is 465. The molecule has 0 fully saturated rings. The summed E-state index contributed by atoms with van der Waals surface area (Å²) in [6, 6.07) is 0. The molecule has 98 valence electrons. The lowest BCUT2D eigenvalue weighted by Crippen LogP contribution is -2.40. The summed E-state index contributed by atoms with van der Waals surface area (Å²) in [5.41, 5.74) is -0.00821. The number of aromatic nitrogens is 2. The summed E-state index contributed by atoms with van der Waals surface area (Å²) in [7, 11) is -3.52. The second kappa shape index (κ2) is 5.16. The molecule has 1 rings (SSSR count). The van der Waals surface area contributed by atoms with Crippen LogP contribution in [0.2, 0.25) is 0 Å². The Labute approximate surface area is 102 Å². The van der Waals surface area contributed by atoms with Crippen LogP contribution in [-0.4, -0.2) is 37.4 Å². The van der Waals surface area contributed by atoms with Gasteiger partial charge in [-0.3, -0.25) is 5.10 Å².